The monoisotopic (exact) mass is 313 g/mol. The van der Waals surface area contributed by atoms with E-state index in [1.54, 1.807) is 19.2 Å². The highest BCUT2D eigenvalue weighted by atomic mass is 16.5. The molecule has 0 fully saturated rings. The van der Waals surface area contributed by atoms with Crippen LogP contribution in [0.25, 0.3) is 0 Å². The van der Waals surface area contributed by atoms with E-state index in [1.807, 2.05) is 49.3 Å². The van der Waals surface area contributed by atoms with Crippen molar-refractivity contribution in [1.29, 1.82) is 0 Å². The van der Waals surface area contributed by atoms with E-state index in [2.05, 4.69) is 0 Å². The van der Waals surface area contributed by atoms with E-state index in [1.165, 1.54) is 6.07 Å². The molecule has 122 valence electrons. The Balaban J connectivity index is 2.29. The van der Waals surface area contributed by atoms with Crippen LogP contribution in [-0.4, -0.2) is 43.5 Å². The van der Waals surface area contributed by atoms with E-state index in [9.17, 15) is 9.90 Å². The summed E-state index contributed by atoms with van der Waals surface area (Å²) in [6, 6.07) is 14.7. The Kier molecular flexibility index (Phi) is 5.77. The van der Waals surface area contributed by atoms with Crippen LogP contribution in [0.2, 0.25) is 0 Å². The van der Waals surface area contributed by atoms with E-state index in [0.717, 1.165) is 5.56 Å². The zero-order valence-electron chi connectivity index (χ0n) is 13.8. The molecule has 4 nitrogen and oxygen atoms in total. The quantitative estimate of drug-likeness (QED) is 0.798. The maximum Gasteiger partial charge on any atom is 0.171 e. The Bertz CT molecular complexity index is 653. The molecule has 2 rings (SSSR count). The normalized spacial score (nSPS) is 12.2. The first-order valence-electron chi connectivity index (χ1n) is 7.61. The van der Waals surface area contributed by atoms with E-state index in [4.69, 9.17) is 4.74 Å². The molecule has 0 aliphatic carbocycles. The molecule has 23 heavy (non-hydrogen) atoms. The molecule has 0 bridgehead atoms. The zero-order valence-corrected chi connectivity index (χ0v) is 13.8. The number of carbonyl (C=O) groups excluding carboxylic acids is 1. The highest BCUT2D eigenvalue weighted by Crippen LogP contribution is 2.27. The van der Waals surface area contributed by atoms with Crippen LogP contribution in [0.1, 0.15) is 15.9 Å². The van der Waals surface area contributed by atoms with Gasteiger partial charge in [0, 0.05) is 12.5 Å². The van der Waals surface area contributed by atoms with Gasteiger partial charge < -0.3 is 14.7 Å². The summed E-state index contributed by atoms with van der Waals surface area (Å²) in [5.41, 5.74) is 1.42. The standard InChI is InChI=1S/C19H23NO3/c1-20(2)13-15(11-14-7-5-4-6-8-14)19(22)17-12-16(23-3)9-10-18(17)21/h4-10,12,15,21H,11,13H2,1-3H3. The molecule has 4 heteroatoms. The van der Waals surface area contributed by atoms with E-state index in [-0.39, 0.29) is 17.5 Å². The first-order chi connectivity index (χ1) is 11.0. The van der Waals surface area contributed by atoms with Crippen LogP contribution in [-0.2, 0) is 6.42 Å². The first-order valence-corrected chi connectivity index (χ1v) is 7.61. The number of Topliss-reactive ketones (excluding diaryl/α,β-unsaturated/α-hetero) is 1. The Morgan fingerprint density at radius 1 is 1.17 bits per heavy atom. The van der Waals surface area contributed by atoms with Crippen LogP contribution in [0.15, 0.2) is 48.5 Å². The average Bonchev–Trinajstić information content (AvgIpc) is 2.54. The average molecular weight is 313 g/mol. The molecule has 0 aromatic heterocycles. The van der Waals surface area contributed by atoms with Gasteiger partial charge in [-0.2, -0.15) is 0 Å². The van der Waals surface area contributed by atoms with Crippen LogP contribution < -0.4 is 4.74 Å². The van der Waals surface area contributed by atoms with Crippen LogP contribution in [0.4, 0.5) is 0 Å². The van der Waals surface area contributed by atoms with Gasteiger partial charge in [-0.25, -0.2) is 0 Å². The third-order valence-corrected chi connectivity index (χ3v) is 3.75. The van der Waals surface area contributed by atoms with E-state index < -0.39 is 0 Å². The van der Waals surface area contributed by atoms with Gasteiger partial charge >= 0.3 is 0 Å². The molecule has 1 N–H and O–H groups in total. The molecule has 0 aliphatic heterocycles. The molecule has 0 aliphatic rings. The highest BCUT2D eigenvalue weighted by Gasteiger charge is 2.24. The van der Waals surface area contributed by atoms with Crippen LogP contribution in [0, 0.1) is 5.92 Å². The number of methoxy groups -OCH3 is 1. The minimum Gasteiger partial charge on any atom is -0.507 e. The first kappa shape index (κ1) is 17.0. The Morgan fingerprint density at radius 3 is 2.48 bits per heavy atom. The molecule has 2 aromatic carbocycles. The van der Waals surface area contributed by atoms with Gasteiger partial charge in [-0.1, -0.05) is 30.3 Å². The van der Waals surface area contributed by atoms with Crippen molar-refractivity contribution >= 4 is 5.78 Å². The van der Waals surface area contributed by atoms with Crippen molar-refractivity contribution in [3.8, 4) is 11.5 Å². The summed E-state index contributed by atoms with van der Waals surface area (Å²) < 4.78 is 5.17. The van der Waals surface area contributed by atoms with Crippen molar-refractivity contribution in [2.75, 3.05) is 27.7 Å². The third-order valence-electron chi connectivity index (χ3n) is 3.75. The molecule has 0 amide bonds. The topological polar surface area (TPSA) is 49.8 Å². The minimum absolute atomic E-state index is 0.00684. The third kappa shape index (κ3) is 4.57. The number of benzene rings is 2. The van der Waals surface area contributed by atoms with Gasteiger partial charge in [0.05, 0.1) is 12.7 Å². The Labute approximate surface area is 137 Å². The smallest absolute Gasteiger partial charge is 0.171 e. The van der Waals surface area contributed by atoms with Gasteiger partial charge in [-0.15, -0.1) is 0 Å². The van der Waals surface area contributed by atoms with Crippen LogP contribution >= 0.6 is 0 Å². The number of nitrogens with zero attached hydrogens (tertiary/aromatic N) is 1. The fourth-order valence-corrected chi connectivity index (χ4v) is 2.64. The van der Waals surface area contributed by atoms with Crippen molar-refractivity contribution in [1.82, 2.24) is 4.90 Å². The van der Waals surface area contributed by atoms with Crippen molar-refractivity contribution in [2.45, 2.75) is 6.42 Å². The van der Waals surface area contributed by atoms with Gasteiger partial charge in [-0.05, 0) is 44.3 Å². The van der Waals surface area contributed by atoms with Crippen molar-refractivity contribution in [2.24, 2.45) is 5.92 Å². The second-order valence-electron chi connectivity index (χ2n) is 5.90. The number of phenolic OH excluding ortho intramolecular Hbond substituents is 1. The number of hydrogen-bond acceptors (Lipinski definition) is 4. The molecule has 0 heterocycles. The lowest BCUT2D eigenvalue weighted by atomic mass is 9.90. The van der Waals surface area contributed by atoms with Crippen molar-refractivity contribution in [3.63, 3.8) is 0 Å². The van der Waals surface area contributed by atoms with Crippen LogP contribution in [0.3, 0.4) is 0 Å². The lowest BCUT2D eigenvalue weighted by Crippen LogP contribution is -2.29. The lowest BCUT2D eigenvalue weighted by Gasteiger charge is -2.21. The van der Waals surface area contributed by atoms with Gasteiger partial charge in [0.15, 0.2) is 5.78 Å². The maximum absolute atomic E-state index is 12.9. The summed E-state index contributed by atoms with van der Waals surface area (Å²) >= 11 is 0. The molecule has 2 aromatic rings. The fourth-order valence-electron chi connectivity index (χ4n) is 2.64. The predicted octanol–water partition coefficient (Wildman–Crippen LogP) is 3.00. The molecular weight excluding hydrogens is 290 g/mol. The summed E-state index contributed by atoms with van der Waals surface area (Å²) in [7, 11) is 5.43. The van der Waals surface area contributed by atoms with Gasteiger partial charge in [-0.3, -0.25) is 4.79 Å². The lowest BCUT2D eigenvalue weighted by molar-refractivity contribution is 0.0893. The maximum atomic E-state index is 12.9. The number of ether oxygens (including phenoxy) is 1. The summed E-state index contributed by atoms with van der Waals surface area (Å²) in [5.74, 6) is 0.256. The van der Waals surface area contributed by atoms with Crippen molar-refractivity contribution in [3.05, 3.63) is 59.7 Å². The molecular formula is C19H23NO3. The SMILES string of the molecule is COc1ccc(O)c(C(=O)C(Cc2ccccc2)CN(C)C)c1. The summed E-state index contributed by atoms with van der Waals surface area (Å²) in [6.07, 6.45) is 0.633. The largest absolute Gasteiger partial charge is 0.507 e. The Hall–Kier alpha value is -2.33. The van der Waals surface area contributed by atoms with Gasteiger partial charge in [0.2, 0.25) is 0 Å². The van der Waals surface area contributed by atoms with Gasteiger partial charge in [0.25, 0.3) is 0 Å². The van der Waals surface area contributed by atoms with Crippen molar-refractivity contribution < 1.29 is 14.6 Å². The summed E-state index contributed by atoms with van der Waals surface area (Å²) in [5, 5.41) is 10.1. The number of rotatable bonds is 7. The minimum atomic E-state index is -0.231. The zero-order chi connectivity index (χ0) is 16.8. The molecule has 0 saturated heterocycles. The summed E-state index contributed by atoms with van der Waals surface area (Å²) in [6.45, 7) is 0.615. The molecule has 1 unspecified atom stereocenters. The predicted molar refractivity (Wildman–Crippen MR) is 91.2 cm³/mol. The highest BCUT2D eigenvalue weighted by molar-refractivity contribution is 6.00. The second kappa shape index (κ2) is 7.79. The number of aromatic hydroxyl groups is 1. The second-order valence-corrected chi connectivity index (χ2v) is 5.90. The molecule has 0 spiro atoms. The number of ketones is 1. The molecule has 0 saturated carbocycles. The van der Waals surface area contributed by atoms with Crippen LogP contribution in [0.5, 0.6) is 11.5 Å². The van der Waals surface area contributed by atoms with E-state index in [0.29, 0.717) is 24.3 Å². The summed E-state index contributed by atoms with van der Waals surface area (Å²) in [4.78, 5) is 14.9. The van der Waals surface area contributed by atoms with Gasteiger partial charge in [0.1, 0.15) is 11.5 Å². The molecule has 0 radical (unpaired) electrons. The number of hydrogen-bond donors (Lipinski definition) is 1. The molecule has 1 atom stereocenters. The van der Waals surface area contributed by atoms with E-state index >= 15 is 0 Å². The number of phenols is 1. The number of carbonyl (C=O) groups is 1. The fraction of sp³-hybridized carbons (Fsp3) is 0.316. The Morgan fingerprint density at radius 2 is 1.87 bits per heavy atom.